The zero-order chi connectivity index (χ0) is 17.5. The van der Waals surface area contributed by atoms with Gasteiger partial charge in [-0.2, -0.15) is 0 Å². The number of aliphatic hydroxyl groups is 1. The molecular formula is C18H24N2O3S. The quantitative estimate of drug-likeness (QED) is 0.769. The van der Waals surface area contributed by atoms with E-state index < -0.39 is 6.10 Å². The molecule has 0 aliphatic rings. The summed E-state index contributed by atoms with van der Waals surface area (Å²) < 4.78 is 5.62. The summed E-state index contributed by atoms with van der Waals surface area (Å²) >= 11 is 1.56. The highest BCUT2D eigenvalue weighted by atomic mass is 32.1. The molecule has 2 rings (SSSR count). The Kier molecular flexibility index (Phi) is 6.75. The molecule has 130 valence electrons. The van der Waals surface area contributed by atoms with Gasteiger partial charge in [0.15, 0.2) is 0 Å². The van der Waals surface area contributed by atoms with Crippen molar-refractivity contribution in [1.29, 1.82) is 0 Å². The summed E-state index contributed by atoms with van der Waals surface area (Å²) in [7, 11) is 0. The van der Waals surface area contributed by atoms with Crippen molar-refractivity contribution in [3.8, 4) is 5.75 Å². The summed E-state index contributed by atoms with van der Waals surface area (Å²) in [6.45, 7) is 6.10. The van der Waals surface area contributed by atoms with Gasteiger partial charge in [-0.1, -0.05) is 19.1 Å². The number of hydrogen-bond donors (Lipinski definition) is 2. The number of aliphatic hydroxyl groups excluding tert-OH is 1. The maximum Gasteiger partial charge on any atom is 0.226 e. The molecule has 0 fully saturated rings. The first-order valence-corrected chi connectivity index (χ1v) is 9.00. The smallest absolute Gasteiger partial charge is 0.226 e. The maximum atomic E-state index is 12.0. The number of nitrogens with one attached hydrogen (secondary N) is 1. The van der Waals surface area contributed by atoms with E-state index in [0.29, 0.717) is 5.75 Å². The molecule has 24 heavy (non-hydrogen) atoms. The molecule has 1 amide bonds. The molecule has 1 unspecified atom stereocenters. The molecule has 1 atom stereocenters. The maximum absolute atomic E-state index is 12.0. The predicted octanol–water partition coefficient (Wildman–Crippen LogP) is 2.89. The number of carbonyl (C=O) groups is 1. The van der Waals surface area contributed by atoms with Crippen LogP contribution in [0.25, 0.3) is 0 Å². The van der Waals surface area contributed by atoms with Crippen molar-refractivity contribution >= 4 is 17.2 Å². The summed E-state index contributed by atoms with van der Waals surface area (Å²) in [6.07, 6.45) is 0.411. The molecule has 5 nitrogen and oxygen atoms in total. The van der Waals surface area contributed by atoms with Gasteiger partial charge < -0.3 is 15.2 Å². The van der Waals surface area contributed by atoms with Crippen LogP contribution < -0.4 is 10.1 Å². The van der Waals surface area contributed by atoms with Crippen molar-refractivity contribution in [1.82, 2.24) is 10.3 Å². The van der Waals surface area contributed by atoms with E-state index in [4.69, 9.17) is 4.74 Å². The molecule has 0 aliphatic carbocycles. The number of benzene rings is 1. The molecule has 0 aliphatic heterocycles. The molecule has 6 heteroatoms. The number of nitrogens with zero attached hydrogens (tertiary/aromatic N) is 1. The molecule has 1 aromatic heterocycles. The van der Waals surface area contributed by atoms with Crippen LogP contribution in [-0.4, -0.2) is 28.6 Å². The van der Waals surface area contributed by atoms with Crippen LogP contribution in [0.5, 0.6) is 5.75 Å². The summed E-state index contributed by atoms with van der Waals surface area (Å²) in [5, 5.41) is 15.9. The van der Waals surface area contributed by atoms with E-state index in [1.165, 1.54) is 0 Å². The molecule has 0 saturated carbocycles. The number of thiazole rings is 1. The van der Waals surface area contributed by atoms with Gasteiger partial charge in [0.05, 0.1) is 29.3 Å². The Labute approximate surface area is 146 Å². The topological polar surface area (TPSA) is 71.5 Å². The summed E-state index contributed by atoms with van der Waals surface area (Å²) in [6, 6.07) is 7.30. The number of rotatable bonds is 8. The Morgan fingerprint density at radius 1 is 1.42 bits per heavy atom. The van der Waals surface area contributed by atoms with Gasteiger partial charge in [0, 0.05) is 11.9 Å². The van der Waals surface area contributed by atoms with Crippen LogP contribution in [-0.2, 0) is 17.6 Å². The third-order valence-electron chi connectivity index (χ3n) is 3.35. The molecule has 2 N–H and O–H groups in total. The van der Waals surface area contributed by atoms with Crippen LogP contribution in [0.4, 0.5) is 0 Å². The Bertz CT molecular complexity index is 670. The Hall–Kier alpha value is -1.92. The Balaban J connectivity index is 1.85. The van der Waals surface area contributed by atoms with Crippen molar-refractivity contribution in [3.63, 3.8) is 0 Å². The first kappa shape index (κ1) is 18.4. The van der Waals surface area contributed by atoms with Crippen LogP contribution in [0.1, 0.15) is 43.1 Å². The zero-order valence-electron chi connectivity index (χ0n) is 14.3. The second-order valence-electron chi connectivity index (χ2n) is 5.82. The Morgan fingerprint density at radius 3 is 2.88 bits per heavy atom. The van der Waals surface area contributed by atoms with Crippen molar-refractivity contribution in [2.24, 2.45) is 0 Å². The lowest BCUT2D eigenvalue weighted by atomic mass is 10.1. The fourth-order valence-corrected chi connectivity index (χ4v) is 2.96. The van der Waals surface area contributed by atoms with Gasteiger partial charge in [-0.25, -0.2) is 4.98 Å². The van der Waals surface area contributed by atoms with Crippen molar-refractivity contribution < 1.29 is 14.6 Å². The van der Waals surface area contributed by atoms with Crippen LogP contribution >= 0.6 is 11.3 Å². The zero-order valence-corrected chi connectivity index (χ0v) is 15.1. The van der Waals surface area contributed by atoms with E-state index in [2.05, 4.69) is 10.3 Å². The van der Waals surface area contributed by atoms with Gasteiger partial charge in [-0.3, -0.25) is 4.79 Å². The monoisotopic (exact) mass is 348 g/mol. The first-order chi connectivity index (χ1) is 11.5. The minimum Gasteiger partial charge on any atom is -0.491 e. The number of hydrogen-bond acceptors (Lipinski definition) is 5. The van der Waals surface area contributed by atoms with Gasteiger partial charge in [0.1, 0.15) is 5.75 Å². The number of aromatic nitrogens is 1. The van der Waals surface area contributed by atoms with Gasteiger partial charge >= 0.3 is 0 Å². The van der Waals surface area contributed by atoms with Crippen molar-refractivity contribution in [3.05, 3.63) is 45.9 Å². The van der Waals surface area contributed by atoms with Gasteiger partial charge in [-0.05, 0) is 38.0 Å². The van der Waals surface area contributed by atoms with Crippen LogP contribution in [0, 0.1) is 0 Å². The number of aryl methyl sites for hydroxylation is 1. The highest BCUT2D eigenvalue weighted by molar-refractivity contribution is 7.09. The lowest BCUT2D eigenvalue weighted by molar-refractivity contribution is -0.120. The largest absolute Gasteiger partial charge is 0.491 e. The lowest BCUT2D eigenvalue weighted by Crippen LogP contribution is -2.29. The Morgan fingerprint density at radius 2 is 2.21 bits per heavy atom. The second-order valence-corrected chi connectivity index (χ2v) is 6.76. The fraction of sp³-hybridized carbons (Fsp3) is 0.444. The summed E-state index contributed by atoms with van der Waals surface area (Å²) in [5.74, 6) is 0.569. The van der Waals surface area contributed by atoms with Gasteiger partial charge in [0.2, 0.25) is 5.91 Å². The van der Waals surface area contributed by atoms with E-state index in [1.807, 2.05) is 44.4 Å². The van der Waals surface area contributed by atoms with E-state index in [-0.39, 0.29) is 25.0 Å². The van der Waals surface area contributed by atoms with E-state index >= 15 is 0 Å². The predicted molar refractivity (Wildman–Crippen MR) is 95.4 cm³/mol. The lowest BCUT2D eigenvalue weighted by Gasteiger charge is -2.15. The van der Waals surface area contributed by atoms with Crippen LogP contribution in [0.2, 0.25) is 0 Å². The molecule has 2 aromatic rings. The molecule has 1 aromatic carbocycles. The minimum atomic E-state index is -0.772. The van der Waals surface area contributed by atoms with Crippen molar-refractivity contribution in [2.45, 2.75) is 45.8 Å². The van der Waals surface area contributed by atoms with Gasteiger partial charge in [0.25, 0.3) is 0 Å². The third-order valence-corrected chi connectivity index (χ3v) is 4.39. The third kappa shape index (κ3) is 5.62. The number of amides is 1. The standard InChI is InChI=1S/C18H24N2O3S/c1-4-18-20-14(11-24-18)9-17(22)19-10-16(21)13-6-5-7-15(8-13)23-12(2)3/h5-8,11-12,16,21H,4,9-10H2,1-3H3,(H,19,22). The average molecular weight is 348 g/mol. The fourth-order valence-electron chi connectivity index (χ4n) is 2.22. The van der Waals surface area contributed by atoms with E-state index in [1.54, 1.807) is 17.4 Å². The SMILES string of the molecule is CCc1nc(CC(=O)NCC(O)c2cccc(OC(C)C)c2)cs1. The minimum absolute atomic E-state index is 0.0724. The molecule has 0 radical (unpaired) electrons. The van der Waals surface area contributed by atoms with Crippen LogP contribution in [0.15, 0.2) is 29.6 Å². The molecule has 0 spiro atoms. The summed E-state index contributed by atoms with van der Waals surface area (Å²) in [5.41, 5.74) is 1.49. The van der Waals surface area contributed by atoms with Gasteiger partial charge in [-0.15, -0.1) is 11.3 Å². The van der Waals surface area contributed by atoms with Crippen molar-refractivity contribution in [2.75, 3.05) is 6.54 Å². The molecular weight excluding hydrogens is 324 g/mol. The number of carbonyl (C=O) groups excluding carboxylic acids is 1. The van der Waals surface area contributed by atoms with E-state index in [0.717, 1.165) is 22.7 Å². The molecule has 0 saturated heterocycles. The second kappa shape index (κ2) is 8.80. The normalized spacial score (nSPS) is 12.2. The summed E-state index contributed by atoms with van der Waals surface area (Å²) in [4.78, 5) is 16.3. The van der Waals surface area contributed by atoms with Crippen LogP contribution in [0.3, 0.4) is 0 Å². The highest BCUT2D eigenvalue weighted by Crippen LogP contribution is 2.20. The van der Waals surface area contributed by atoms with E-state index in [9.17, 15) is 9.90 Å². The average Bonchev–Trinajstić information content (AvgIpc) is 2.99. The first-order valence-electron chi connectivity index (χ1n) is 8.12. The highest BCUT2D eigenvalue weighted by Gasteiger charge is 2.12. The number of ether oxygens (including phenoxy) is 1. The molecule has 1 heterocycles. The molecule has 0 bridgehead atoms.